The third-order valence-corrected chi connectivity index (χ3v) is 5.62. The highest BCUT2D eigenvalue weighted by Gasteiger charge is 2.37. The van der Waals surface area contributed by atoms with Gasteiger partial charge in [-0.25, -0.2) is 9.78 Å². The lowest BCUT2D eigenvalue weighted by atomic mass is 10.2. The Morgan fingerprint density at radius 3 is 2.44 bits per heavy atom. The fourth-order valence-electron chi connectivity index (χ4n) is 3.95. The molecule has 1 aromatic heterocycles. The number of aromatic nitrogens is 2. The van der Waals surface area contributed by atoms with E-state index in [4.69, 9.17) is 0 Å². The van der Waals surface area contributed by atoms with Crippen LogP contribution < -0.4 is 10.6 Å². The standard InChI is InChI=1S/C20H26N6O6/c1-12(17(28)23-11-16(27)25-8-3-5-15(25)20(31)32)24-18(29)14-4-2-9-26(14)19(30)13-10-21-6-7-22-13/h6-7,10,12,14-15H,2-5,8-9,11H2,1H3,(H,23,28)(H,24,29)(H,31,32)/t12-,14-,15-/m0/s1. The minimum Gasteiger partial charge on any atom is -0.480 e. The van der Waals surface area contributed by atoms with Crippen LogP contribution in [0.3, 0.4) is 0 Å². The molecule has 2 aliphatic rings. The number of nitrogens with one attached hydrogen (secondary N) is 2. The average molecular weight is 446 g/mol. The molecule has 1 aromatic rings. The average Bonchev–Trinajstić information content (AvgIpc) is 3.47. The molecule has 0 bridgehead atoms. The van der Waals surface area contributed by atoms with Crippen molar-refractivity contribution in [2.45, 2.75) is 50.7 Å². The number of carbonyl (C=O) groups is 5. The van der Waals surface area contributed by atoms with E-state index in [0.717, 1.165) is 0 Å². The lowest BCUT2D eigenvalue weighted by molar-refractivity contribution is -0.148. The molecule has 0 radical (unpaired) electrons. The van der Waals surface area contributed by atoms with Crippen molar-refractivity contribution in [3.05, 3.63) is 24.3 Å². The highest BCUT2D eigenvalue weighted by Crippen LogP contribution is 2.20. The van der Waals surface area contributed by atoms with Crippen LogP contribution in [0.5, 0.6) is 0 Å². The number of likely N-dealkylation sites (tertiary alicyclic amines) is 2. The zero-order chi connectivity index (χ0) is 23.3. The number of aliphatic carboxylic acids is 1. The molecule has 3 N–H and O–H groups in total. The molecular formula is C20H26N6O6. The molecule has 2 fully saturated rings. The molecule has 0 aromatic carbocycles. The normalized spacial score (nSPS) is 21.2. The zero-order valence-corrected chi connectivity index (χ0v) is 17.7. The van der Waals surface area contributed by atoms with E-state index in [0.29, 0.717) is 38.8 Å². The Labute approximate surface area is 184 Å². The fraction of sp³-hybridized carbons (Fsp3) is 0.550. The van der Waals surface area contributed by atoms with Crippen molar-refractivity contribution in [2.24, 2.45) is 0 Å². The third-order valence-electron chi connectivity index (χ3n) is 5.62. The number of carboxylic acids is 1. The van der Waals surface area contributed by atoms with Crippen molar-refractivity contribution < 1.29 is 29.1 Å². The largest absolute Gasteiger partial charge is 0.480 e. The van der Waals surface area contributed by atoms with Gasteiger partial charge in [0.2, 0.25) is 17.7 Å². The summed E-state index contributed by atoms with van der Waals surface area (Å²) in [6.07, 6.45) is 6.24. The van der Waals surface area contributed by atoms with Crippen LogP contribution in [0.4, 0.5) is 0 Å². The van der Waals surface area contributed by atoms with Gasteiger partial charge in [-0.3, -0.25) is 24.2 Å². The fourth-order valence-corrected chi connectivity index (χ4v) is 3.95. The summed E-state index contributed by atoms with van der Waals surface area (Å²) in [6, 6.07) is -2.56. The van der Waals surface area contributed by atoms with E-state index >= 15 is 0 Å². The summed E-state index contributed by atoms with van der Waals surface area (Å²) in [6.45, 7) is 1.83. The maximum absolute atomic E-state index is 12.7. The first-order valence-electron chi connectivity index (χ1n) is 10.5. The van der Waals surface area contributed by atoms with E-state index in [1.807, 2.05) is 0 Å². The van der Waals surface area contributed by atoms with Gasteiger partial charge in [-0.1, -0.05) is 0 Å². The second-order valence-corrected chi connectivity index (χ2v) is 7.78. The van der Waals surface area contributed by atoms with Crippen LogP contribution in [0.25, 0.3) is 0 Å². The number of carboxylic acid groups (broad SMARTS) is 1. The number of amides is 4. The second kappa shape index (κ2) is 10.2. The van der Waals surface area contributed by atoms with Crippen LogP contribution in [0.2, 0.25) is 0 Å². The summed E-state index contributed by atoms with van der Waals surface area (Å²) in [5.74, 6) is -3.02. The molecule has 2 saturated heterocycles. The molecule has 4 amide bonds. The molecule has 3 rings (SSSR count). The summed E-state index contributed by atoms with van der Waals surface area (Å²) < 4.78 is 0. The zero-order valence-electron chi connectivity index (χ0n) is 17.7. The van der Waals surface area contributed by atoms with Gasteiger partial charge in [0.1, 0.15) is 23.8 Å². The van der Waals surface area contributed by atoms with Crippen LogP contribution in [-0.2, 0) is 19.2 Å². The van der Waals surface area contributed by atoms with Crippen LogP contribution in [-0.4, -0.2) is 92.2 Å². The Bertz CT molecular complexity index is 894. The molecular weight excluding hydrogens is 420 g/mol. The summed E-state index contributed by atoms with van der Waals surface area (Å²) in [7, 11) is 0. The first kappa shape index (κ1) is 23.1. The highest BCUT2D eigenvalue weighted by atomic mass is 16.4. The van der Waals surface area contributed by atoms with E-state index in [1.54, 1.807) is 0 Å². The Morgan fingerprint density at radius 2 is 1.78 bits per heavy atom. The van der Waals surface area contributed by atoms with E-state index in [1.165, 1.54) is 35.3 Å². The summed E-state index contributed by atoms with van der Waals surface area (Å²) in [5, 5.41) is 14.2. The Hall–Kier alpha value is -3.57. The van der Waals surface area contributed by atoms with Gasteiger partial charge in [0.25, 0.3) is 5.91 Å². The number of rotatable bonds is 7. The van der Waals surface area contributed by atoms with Crippen LogP contribution >= 0.6 is 0 Å². The monoisotopic (exact) mass is 446 g/mol. The molecule has 32 heavy (non-hydrogen) atoms. The van der Waals surface area contributed by atoms with Crippen LogP contribution in [0.15, 0.2) is 18.6 Å². The van der Waals surface area contributed by atoms with Gasteiger partial charge in [0.15, 0.2) is 0 Å². The number of hydrogen-bond acceptors (Lipinski definition) is 7. The Balaban J connectivity index is 1.51. The minimum atomic E-state index is -1.07. The smallest absolute Gasteiger partial charge is 0.326 e. The van der Waals surface area contributed by atoms with E-state index in [2.05, 4.69) is 20.6 Å². The lowest BCUT2D eigenvalue weighted by Gasteiger charge is -2.25. The topological polar surface area (TPSA) is 162 Å². The van der Waals surface area contributed by atoms with E-state index in [-0.39, 0.29) is 12.2 Å². The van der Waals surface area contributed by atoms with Crippen molar-refractivity contribution in [1.82, 2.24) is 30.4 Å². The van der Waals surface area contributed by atoms with Crippen molar-refractivity contribution >= 4 is 29.6 Å². The van der Waals surface area contributed by atoms with Crippen LogP contribution in [0, 0.1) is 0 Å². The minimum absolute atomic E-state index is 0.137. The quantitative estimate of drug-likeness (QED) is 0.469. The molecule has 3 heterocycles. The molecule has 0 unspecified atom stereocenters. The van der Waals surface area contributed by atoms with Gasteiger partial charge in [-0.15, -0.1) is 0 Å². The molecule has 172 valence electrons. The van der Waals surface area contributed by atoms with Gasteiger partial charge in [-0.05, 0) is 32.6 Å². The van der Waals surface area contributed by atoms with Gasteiger partial charge in [-0.2, -0.15) is 0 Å². The third kappa shape index (κ3) is 5.18. The second-order valence-electron chi connectivity index (χ2n) is 7.78. The van der Waals surface area contributed by atoms with Gasteiger partial charge >= 0.3 is 5.97 Å². The summed E-state index contributed by atoms with van der Waals surface area (Å²) >= 11 is 0. The maximum Gasteiger partial charge on any atom is 0.326 e. The van der Waals surface area contributed by atoms with E-state index < -0.39 is 47.7 Å². The molecule has 3 atom stereocenters. The van der Waals surface area contributed by atoms with Crippen molar-refractivity contribution in [1.29, 1.82) is 0 Å². The molecule has 2 aliphatic heterocycles. The van der Waals surface area contributed by atoms with Crippen molar-refractivity contribution in [3.8, 4) is 0 Å². The number of carbonyl (C=O) groups excluding carboxylic acids is 4. The number of hydrogen-bond donors (Lipinski definition) is 3. The first-order chi connectivity index (χ1) is 15.3. The molecule has 0 saturated carbocycles. The highest BCUT2D eigenvalue weighted by molar-refractivity contribution is 5.97. The SMILES string of the molecule is C[C@H](NC(=O)[C@@H]1CCCN1C(=O)c1cnccn1)C(=O)NCC(=O)N1CCC[C@H]1C(=O)O. The molecule has 0 aliphatic carbocycles. The van der Waals surface area contributed by atoms with Crippen molar-refractivity contribution in [3.63, 3.8) is 0 Å². The van der Waals surface area contributed by atoms with Crippen LogP contribution in [0.1, 0.15) is 43.1 Å². The summed E-state index contributed by atoms with van der Waals surface area (Å²) in [4.78, 5) is 71.7. The van der Waals surface area contributed by atoms with Crippen molar-refractivity contribution in [2.75, 3.05) is 19.6 Å². The van der Waals surface area contributed by atoms with Gasteiger partial charge in [0, 0.05) is 25.5 Å². The Morgan fingerprint density at radius 1 is 1.09 bits per heavy atom. The van der Waals surface area contributed by atoms with E-state index in [9.17, 15) is 29.1 Å². The molecule has 12 nitrogen and oxygen atoms in total. The summed E-state index contributed by atoms with van der Waals surface area (Å²) in [5.41, 5.74) is 0.137. The molecule has 0 spiro atoms. The lowest BCUT2D eigenvalue weighted by Crippen LogP contribution is -2.53. The Kier molecular flexibility index (Phi) is 7.33. The predicted molar refractivity (Wildman–Crippen MR) is 109 cm³/mol. The predicted octanol–water partition coefficient (Wildman–Crippen LogP) is -1.22. The van der Waals surface area contributed by atoms with Gasteiger partial charge in [0.05, 0.1) is 12.7 Å². The maximum atomic E-state index is 12.7. The van der Waals surface area contributed by atoms with Gasteiger partial charge < -0.3 is 25.5 Å². The number of nitrogens with zero attached hydrogens (tertiary/aromatic N) is 4. The first-order valence-corrected chi connectivity index (χ1v) is 10.5. The molecule has 12 heteroatoms.